The molecular weight excluding hydrogens is 334 g/mol. The number of unbranched alkanes of at least 4 members (excludes halogenated alkanes) is 3. The van der Waals surface area contributed by atoms with Crippen molar-refractivity contribution >= 4 is 28.6 Å². The molecule has 0 radical (unpaired) electrons. The molecule has 0 aliphatic carbocycles. The number of imide groups is 1. The van der Waals surface area contributed by atoms with E-state index in [4.69, 9.17) is 0 Å². The Morgan fingerprint density at radius 2 is 2.08 bits per heavy atom. The van der Waals surface area contributed by atoms with Crippen LogP contribution >= 0.6 is 11.8 Å². The number of hydrogen-bond acceptors (Lipinski definition) is 4. The molecule has 2 amide bonds. The van der Waals surface area contributed by atoms with Crippen LogP contribution in [0.15, 0.2) is 41.6 Å². The lowest BCUT2D eigenvalue weighted by Crippen LogP contribution is -2.29. The standard InChI is InChI=1S/C19H23N3O2S/c1-2-3-10-16-18(23)22(19(24)25-16)13-6-4-5-8-15-9-7-11-17-20-12-14-21(15)17/h7,9-12,14H,2-6,8,13H2,1H3/b16-10+. The lowest BCUT2D eigenvalue weighted by molar-refractivity contribution is -0.122. The Kier molecular flexibility index (Phi) is 5.91. The number of fused-ring (bicyclic) bond motifs is 1. The highest BCUT2D eigenvalue weighted by molar-refractivity contribution is 8.18. The van der Waals surface area contributed by atoms with E-state index >= 15 is 0 Å². The lowest BCUT2D eigenvalue weighted by atomic mass is 10.1. The van der Waals surface area contributed by atoms with E-state index in [9.17, 15) is 9.59 Å². The molecule has 0 atom stereocenters. The number of pyridine rings is 1. The van der Waals surface area contributed by atoms with Crippen LogP contribution in [0.4, 0.5) is 4.79 Å². The molecule has 0 N–H and O–H groups in total. The van der Waals surface area contributed by atoms with Crippen LogP contribution in [0.25, 0.3) is 5.65 Å². The third-order valence-electron chi connectivity index (χ3n) is 4.32. The van der Waals surface area contributed by atoms with Crippen LogP contribution in [0, 0.1) is 0 Å². The van der Waals surface area contributed by atoms with Crippen LogP contribution in [0.5, 0.6) is 0 Å². The first-order valence-corrected chi connectivity index (χ1v) is 9.67. The van der Waals surface area contributed by atoms with Crippen molar-refractivity contribution in [3.8, 4) is 0 Å². The Labute approximate surface area is 152 Å². The van der Waals surface area contributed by atoms with Crippen LogP contribution in [0.3, 0.4) is 0 Å². The maximum absolute atomic E-state index is 12.2. The average molecular weight is 357 g/mol. The first-order chi connectivity index (χ1) is 12.2. The first kappa shape index (κ1) is 17.7. The third kappa shape index (κ3) is 4.12. The van der Waals surface area contributed by atoms with Crippen molar-refractivity contribution < 1.29 is 9.59 Å². The van der Waals surface area contributed by atoms with E-state index in [-0.39, 0.29) is 11.1 Å². The Morgan fingerprint density at radius 3 is 2.92 bits per heavy atom. The quantitative estimate of drug-likeness (QED) is 0.518. The van der Waals surface area contributed by atoms with Crippen molar-refractivity contribution in [2.45, 2.75) is 45.4 Å². The van der Waals surface area contributed by atoms with Gasteiger partial charge in [-0.1, -0.05) is 31.9 Å². The van der Waals surface area contributed by atoms with Crippen molar-refractivity contribution in [3.63, 3.8) is 0 Å². The van der Waals surface area contributed by atoms with Gasteiger partial charge in [-0.2, -0.15) is 0 Å². The number of hydrogen-bond donors (Lipinski definition) is 0. The minimum Gasteiger partial charge on any atom is -0.304 e. The summed E-state index contributed by atoms with van der Waals surface area (Å²) in [4.78, 5) is 30.5. The number of aryl methyl sites for hydroxylation is 1. The predicted octanol–water partition coefficient (Wildman–Crippen LogP) is 4.43. The summed E-state index contributed by atoms with van der Waals surface area (Å²) in [5.74, 6) is -0.119. The highest BCUT2D eigenvalue weighted by Crippen LogP contribution is 2.31. The molecule has 1 aliphatic heterocycles. The van der Waals surface area contributed by atoms with Crippen LogP contribution in [-0.4, -0.2) is 32.0 Å². The van der Waals surface area contributed by atoms with E-state index in [1.54, 1.807) is 0 Å². The topological polar surface area (TPSA) is 54.7 Å². The normalized spacial score (nSPS) is 16.5. The van der Waals surface area contributed by atoms with Crippen molar-refractivity contribution in [2.24, 2.45) is 0 Å². The molecular formula is C19H23N3O2S. The summed E-state index contributed by atoms with van der Waals surface area (Å²) in [6.45, 7) is 2.58. The number of aromatic nitrogens is 2. The first-order valence-electron chi connectivity index (χ1n) is 8.85. The number of allylic oxidation sites excluding steroid dienone is 1. The van der Waals surface area contributed by atoms with Crippen molar-refractivity contribution in [2.75, 3.05) is 6.54 Å². The fraction of sp³-hybridized carbons (Fsp3) is 0.421. The van der Waals surface area contributed by atoms with E-state index in [0.717, 1.165) is 55.9 Å². The van der Waals surface area contributed by atoms with Crippen LogP contribution < -0.4 is 0 Å². The van der Waals surface area contributed by atoms with E-state index in [2.05, 4.69) is 22.4 Å². The Bertz CT molecular complexity index is 797. The molecule has 1 saturated heterocycles. The van der Waals surface area contributed by atoms with E-state index in [1.807, 2.05) is 30.6 Å². The minimum atomic E-state index is -0.129. The fourth-order valence-electron chi connectivity index (χ4n) is 2.97. The SMILES string of the molecule is CCC/C=C1/SC(=O)N(CCCCCc2cccc3nccn23)C1=O. The van der Waals surface area contributed by atoms with Gasteiger partial charge in [-0.05, 0) is 49.6 Å². The molecule has 1 aliphatic rings. The van der Waals surface area contributed by atoms with Gasteiger partial charge in [0, 0.05) is 24.6 Å². The molecule has 6 heteroatoms. The molecule has 0 saturated carbocycles. The van der Waals surface area contributed by atoms with Crippen molar-refractivity contribution in [3.05, 3.63) is 47.3 Å². The number of amides is 2. The van der Waals surface area contributed by atoms with Gasteiger partial charge >= 0.3 is 0 Å². The number of carbonyl (C=O) groups is 2. The molecule has 3 rings (SSSR count). The number of carbonyl (C=O) groups excluding carboxylic acids is 2. The molecule has 1 fully saturated rings. The Hall–Kier alpha value is -2.08. The second-order valence-corrected chi connectivity index (χ2v) is 7.16. The summed E-state index contributed by atoms with van der Waals surface area (Å²) >= 11 is 1.07. The van der Waals surface area contributed by atoms with Gasteiger partial charge in [-0.25, -0.2) is 4.98 Å². The van der Waals surface area contributed by atoms with E-state index in [1.165, 1.54) is 10.6 Å². The monoisotopic (exact) mass is 357 g/mol. The second kappa shape index (κ2) is 8.34. The molecule has 2 aromatic heterocycles. The number of nitrogens with zero attached hydrogens (tertiary/aromatic N) is 3. The zero-order chi connectivity index (χ0) is 17.6. The van der Waals surface area contributed by atoms with Crippen molar-refractivity contribution in [1.29, 1.82) is 0 Å². The summed E-state index contributed by atoms with van der Waals surface area (Å²) in [6.07, 6.45) is 11.3. The Balaban J connectivity index is 1.45. The number of imidazole rings is 1. The van der Waals surface area contributed by atoms with Crippen LogP contribution in [0.1, 0.15) is 44.7 Å². The molecule has 132 valence electrons. The molecule has 0 aromatic carbocycles. The maximum atomic E-state index is 12.2. The van der Waals surface area contributed by atoms with Gasteiger partial charge in [0.25, 0.3) is 11.1 Å². The van der Waals surface area contributed by atoms with Crippen LogP contribution in [-0.2, 0) is 11.2 Å². The molecule has 0 spiro atoms. The van der Waals surface area contributed by atoms with Gasteiger partial charge in [0.1, 0.15) is 5.65 Å². The fourth-order valence-corrected chi connectivity index (χ4v) is 3.84. The zero-order valence-electron chi connectivity index (χ0n) is 14.5. The largest absolute Gasteiger partial charge is 0.304 e. The van der Waals surface area contributed by atoms with Crippen molar-refractivity contribution in [1.82, 2.24) is 14.3 Å². The van der Waals surface area contributed by atoms with Gasteiger partial charge in [-0.3, -0.25) is 14.5 Å². The summed E-state index contributed by atoms with van der Waals surface area (Å²) < 4.78 is 2.11. The Morgan fingerprint density at radius 1 is 1.20 bits per heavy atom. The zero-order valence-corrected chi connectivity index (χ0v) is 15.3. The van der Waals surface area contributed by atoms with Gasteiger partial charge in [0.15, 0.2) is 0 Å². The summed E-state index contributed by atoms with van der Waals surface area (Å²) in [7, 11) is 0. The van der Waals surface area contributed by atoms with Gasteiger partial charge in [0.05, 0.1) is 4.91 Å². The molecule has 5 nitrogen and oxygen atoms in total. The average Bonchev–Trinajstić information content (AvgIpc) is 3.19. The molecule has 3 heterocycles. The molecule has 25 heavy (non-hydrogen) atoms. The van der Waals surface area contributed by atoms with Gasteiger partial charge in [0.2, 0.25) is 0 Å². The number of rotatable bonds is 8. The predicted molar refractivity (Wildman–Crippen MR) is 100 cm³/mol. The summed E-state index contributed by atoms with van der Waals surface area (Å²) in [5, 5.41) is -0.129. The highest BCUT2D eigenvalue weighted by Gasteiger charge is 2.34. The van der Waals surface area contributed by atoms with E-state index in [0.29, 0.717) is 11.4 Å². The van der Waals surface area contributed by atoms with Gasteiger partial charge in [-0.15, -0.1) is 0 Å². The summed E-state index contributed by atoms with van der Waals surface area (Å²) in [5.41, 5.74) is 2.21. The van der Waals surface area contributed by atoms with E-state index < -0.39 is 0 Å². The lowest BCUT2D eigenvalue weighted by Gasteiger charge is -2.12. The minimum absolute atomic E-state index is 0.119. The molecule has 0 unspecified atom stereocenters. The second-order valence-electron chi connectivity index (χ2n) is 6.17. The molecule has 0 bridgehead atoms. The molecule has 2 aromatic rings. The third-order valence-corrected chi connectivity index (χ3v) is 5.28. The summed E-state index contributed by atoms with van der Waals surface area (Å²) in [6, 6.07) is 6.14. The van der Waals surface area contributed by atoms with Crippen LogP contribution in [0.2, 0.25) is 0 Å². The highest BCUT2D eigenvalue weighted by atomic mass is 32.2. The smallest absolute Gasteiger partial charge is 0.293 e. The number of thioether (sulfide) groups is 1. The maximum Gasteiger partial charge on any atom is 0.293 e. The van der Waals surface area contributed by atoms with Gasteiger partial charge < -0.3 is 4.40 Å².